The maximum atomic E-state index is 12.0. The number of ether oxygens (including phenoxy) is 2. The summed E-state index contributed by atoms with van der Waals surface area (Å²) in [5, 5.41) is 3.37. The third kappa shape index (κ3) is 6.08. The predicted molar refractivity (Wildman–Crippen MR) is 101 cm³/mol. The molecule has 0 saturated carbocycles. The molecule has 6 heteroatoms. The Kier molecular flexibility index (Phi) is 7.48. The second-order valence-electron chi connectivity index (χ2n) is 5.79. The number of halogens is 1. The SMILES string of the molecule is CCCOc1ccc(C(=O)OCC(=O)N[C@H](C)c2cccc(Cl)c2)cc1. The van der Waals surface area contributed by atoms with E-state index in [1.54, 1.807) is 36.4 Å². The molecule has 0 heterocycles. The second-order valence-corrected chi connectivity index (χ2v) is 6.23. The number of rotatable bonds is 8. The summed E-state index contributed by atoms with van der Waals surface area (Å²) in [7, 11) is 0. The lowest BCUT2D eigenvalue weighted by molar-refractivity contribution is -0.124. The average molecular weight is 376 g/mol. The Morgan fingerprint density at radius 3 is 2.54 bits per heavy atom. The second kappa shape index (κ2) is 9.82. The Labute approximate surface area is 158 Å². The largest absolute Gasteiger partial charge is 0.494 e. The van der Waals surface area contributed by atoms with E-state index < -0.39 is 5.97 Å². The lowest BCUT2D eigenvalue weighted by Crippen LogP contribution is -2.31. The average Bonchev–Trinajstić information content (AvgIpc) is 2.64. The quantitative estimate of drug-likeness (QED) is 0.703. The smallest absolute Gasteiger partial charge is 0.338 e. The highest BCUT2D eigenvalue weighted by Gasteiger charge is 2.13. The molecule has 2 aromatic rings. The topological polar surface area (TPSA) is 64.6 Å². The summed E-state index contributed by atoms with van der Waals surface area (Å²) in [4.78, 5) is 24.0. The van der Waals surface area contributed by atoms with Crippen molar-refractivity contribution in [3.05, 3.63) is 64.7 Å². The van der Waals surface area contributed by atoms with Crippen LogP contribution in [0.5, 0.6) is 5.75 Å². The molecular formula is C20H22ClNO4. The zero-order chi connectivity index (χ0) is 18.9. The number of amides is 1. The van der Waals surface area contributed by atoms with E-state index in [1.807, 2.05) is 26.0 Å². The van der Waals surface area contributed by atoms with Gasteiger partial charge >= 0.3 is 5.97 Å². The van der Waals surface area contributed by atoms with Gasteiger partial charge in [0.25, 0.3) is 5.91 Å². The van der Waals surface area contributed by atoms with Gasteiger partial charge in [-0.25, -0.2) is 4.79 Å². The third-order valence-corrected chi connectivity index (χ3v) is 3.86. The number of benzene rings is 2. The van der Waals surface area contributed by atoms with Gasteiger partial charge < -0.3 is 14.8 Å². The standard InChI is InChI=1S/C20H22ClNO4/c1-3-11-25-18-9-7-15(8-10-18)20(24)26-13-19(23)22-14(2)16-5-4-6-17(21)12-16/h4-10,12,14H,3,11,13H2,1-2H3,(H,22,23)/t14-/m1/s1. The lowest BCUT2D eigenvalue weighted by atomic mass is 10.1. The molecule has 0 bridgehead atoms. The minimum atomic E-state index is -0.558. The number of carbonyl (C=O) groups excluding carboxylic acids is 2. The van der Waals surface area contributed by atoms with Gasteiger partial charge in [-0.3, -0.25) is 4.79 Å². The fourth-order valence-corrected chi connectivity index (χ4v) is 2.46. The van der Waals surface area contributed by atoms with E-state index in [0.29, 0.717) is 22.9 Å². The minimum Gasteiger partial charge on any atom is -0.494 e. The summed E-state index contributed by atoms with van der Waals surface area (Å²) in [5.74, 6) is -0.247. The molecule has 0 radical (unpaired) electrons. The minimum absolute atomic E-state index is 0.241. The van der Waals surface area contributed by atoms with Crippen LogP contribution < -0.4 is 10.1 Å². The fourth-order valence-electron chi connectivity index (χ4n) is 2.26. The number of nitrogens with one attached hydrogen (secondary N) is 1. The van der Waals surface area contributed by atoms with Crippen LogP contribution in [0, 0.1) is 0 Å². The molecule has 0 fully saturated rings. The Balaban J connectivity index is 1.81. The van der Waals surface area contributed by atoms with Gasteiger partial charge in [0.05, 0.1) is 18.2 Å². The van der Waals surface area contributed by atoms with Crippen molar-refractivity contribution < 1.29 is 19.1 Å². The molecule has 1 amide bonds. The molecule has 0 spiro atoms. The molecule has 138 valence electrons. The molecule has 2 aromatic carbocycles. The molecule has 0 aliphatic carbocycles. The summed E-state index contributed by atoms with van der Waals surface area (Å²) in [6.07, 6.45) is 0.909. The summed E-state index contributed by atoms with van der Waals surface area (Å²) in [6, 6.07) is 13.6. The van der Waals surface area contributed by atoms with Gasteiger partial charge in [-0.2, -0.15) is 0 Å². The van der Waals surface area contributed by atoms with Crippen LogP contribution in [0.3, 0.4) is 0 Å². The highest BCUT2D eigenvalue weighted by Crippen LogP contribution is 2.17. The fraction of sp³-hybridized carbons (Fsp3) is 0.300. The van der Waals surface area contributed by atoms with Gasteiger partial charge in [0.2, 0.25) is 0 Å². The molecule has 0 aliphatic rings. The zero-order valence-corrected chi connectivity index (χ0v) is 15.6. The van der Waals surface area contributed by atoms with Crippen LogP contribution in [0.15, 0.2) is 48.5 Å². The van der Waals surface area contributed by atoms with E-state index in [9.17, 15) is 9.59 Å². The van der Waals surface area contributed by atoms with Crippen LogP contribution in [0.2, 0.25) is 5.02 Å². The van der Waals surface area contributed by atoms with E-state index in [1.165, 1.54) is 0 Å². The molecule has 0 unspecified atom stereocenters. The van der Waals surface area contributed by atoms with Crippen molar-refractivity contribution in [1.82, 2.24) is 5.32 Å². The van der Waals surface area contributed by atoms with Gasteiger partial charge in [0, 0.05) is 5.02 Å². The monoisotopic (exact) mass is 375 g/mol. The van der Waals surface area contributed by atoms with Crippen LogP contribution >= 0.6 is 11.6 Å². The molecule has 26 heavy (non-hydrogen) atoms. The molecule has 5 nitrogen and oxygen atoms in total. The third-order valence-electron chi connectivity index (χ3n) is 3.62. The van der Waals surface area contributed by atoms with E-state index in [4.69, 9.17) is 21.1 Å². The van der Waals surface area contributed by atoms with Crippen LogP contribution in [-0.4, -0.2) is 25.1 Å². The van der Waals surface area contributed by atoms with Gasteiger partial charge in [-0.1, -0.05) is 30.7 Å². The first kappa shape index (κ1) is 19.8. The number of hydrogen-bond acceptors (Lipinski definition) is 4. The first-order chi connectivity index (χ1) is 12.5. The number of carbonyl (C=O) groups is 2. The van der Waals surface area contributed by atoms with Crippen LogP contribution in [0.25, 0.3) is 0 Å². The summed E-state index contributed by atoms with van der Waals surface area (Å²) >= 11 is 5.94. The van der Waals surface area contributed by atoms with Gasteiger partial charge in [-0.15, -0.1) is 0 Å². The normalized spacial score (nSPS) is 11.5. The zero-order valence-electron chi connectivity index (χ0n) is 14.8. The first-order valence-corrected chi connectivity index (χ1v) is 8.82. The first-order valence-electron chi connectivity index (χ1n) is 8.44. The maximum Gasteiger partial charge on any atom is 0.338 e. The van der Waals surface area contributed by atoms with Gasteiger partial charge in [0.15, 0.2) is 6.61 Å². The molecule has 0 aliphatic heterocycles. The van der Waals surface area contributed by atoms with Crippen molar-refractivity contribution in [3.63, 3.8) is 0 Å². The van der Waals surface area contributed by atoms with Crippen molar-refractivity contribution in [2.24, 2.45) is 0 Å². The Morgan fingerprint density at radius 1 is 1.15 bits per heavy atom. The highest BCUT2D eigenvalue weighted by atomic mass is 35.5. The Morgan fingerprint density at radius 2 is 1.88 bits per heavy atom. The predicted octanol–water partition coefficient (Wildman–Crippen LogP) is 4.16. The summed E-state index contributed by atoms with van der Waals surface area (Å²) in [6.45, 7) is 4.12. The molecule has 1 N–H and O–H groups in total. The van der Waals surface area contributed by atoms with Gasteiger partial charge in [-0.05, 0) is 55.3 Å². The lowest BCUT2D eigenvalue weighted by Gasteiger charge is -2.14. The van der Waals surface area contributed by atoms with Crippen molar-refractivity contribution in [3.8, 4) is 5.75 Å². The van der Waals surface area contributed by atoms with E-state index in [0.717, 1.165) is 12.0 Å². The Bertz CT molecular complexity index is 746. The van der Waals surface area contributed by atoms with Crippen molar-refractivity contribution in [2.75, 3.05) is 13.2 Å². The van der Waals surface area contributed by atoms with Crippen molar-refractivity contribution >= 4 is 23.5 Å². The molecule has 2 rings (SSSR count). The maximum absolute atomic E-state index is 12.0. The van der Waals surface area contributed by atoms with Crippen molar-refractivity contribution in [1.29, 1.82) is 0 Å². The van der Waals surface area contributed by atoms with Gasteiger partial charge in [0.1, 0.15) is 5.75 Å². The van der Waals surface area contributed by atoms with Crippen LogP contribution in [0.1, 0.15) is 42.2 Å². The van der Waals surface area contributed by atoms with E-state index in [-0.39, 0.29) is 18.6 Å². The molecule has 0 aromatic heterocycles. The number of esters is 1. The van der Waals surface area contributed by atoms with Crippen molar-refractivity contribution in [2.45, 2.75) is 26.3 Å². The van der Waals surface area contributed by atoms with E-state index >= 15 is 0 Å². The Hall–Kier alpha value is -2.53. The molecule has 0 saturated heterocycles. The van der Waals surface area contributed by atoms with Crippen LogP contribution in [-0.2, 0) is 9.53 Å². The molecular weight excluding hydrogens is 354 g/mol. The highest BCUT2D eigenvalue weighted by molar-refractivity contribution is 6.30. The summed E-state index contributed by atoms with van der Waals surface area (Å²) in [5.41, 5.74) is 1.24. The molecule has 1 atom stereocenters. The van der Waals surface area contributed by atoms with Crippen LogP contribution in [0.4, 0.5) is 0 Å². The summed E-state index contributed by atoms with van der Waals surface area (Å²) < 4.78 is 10.5. The number of hydrogen-bond donors (Lipinski definition) is 1. The van der Waals surface area contributed by atoms with E-state index in [2.05, 4.69) is 5.32 Å².